The molecule has 1 N–H and O–H groups in total. The van der Waals surface area contributed by atoms with Crippen LogP contribution >= 0.6 is 0 Å². The van der Waals surface area contributed by atoms with Gasteiger partial charge in [0.2, 0.25) is 0 Å². The molecule has 0 unspecified atom stereocenters. The molecule has 0 radical (unpaired) electrons. The van der Waals surface area contributed by atoms with Crippen LogP contribution in [0.25, 0.3) is 0 Å². The number of rotatable bonds is 4. The highest BCUT2D eigenvalue weighted by molar-refractivity contribution is 5.74. The fraction of sp³-hybridized carbons (Fsp3) is 0.333. The zero-order valence-electron chi connectivity index (χ0n) is 10.3. The van der Waals surface area contributed by atoms with Gasteiger partial charge in [-0.3, -0.25) is 4.79 Å². The monoisotopic (exact) mass is 289 g/mol. The van der Waals surface area contributed by atoms with Crippen molar-refractivity contribution in [3.63, 3.8) is 0 Å². The van der Waals surface area contributed by atoms with E-state index in [0.717, 1.165) is 12.1 Å². The average molecular weight is 289 g/mol. The SMILES string of the molecule is CCOC(=O)Cc1cc(OC(F)(F)F)c(O)cc1C#N. The summed E-state index contributed by atoms with van der Waals surface area (Å²) >= 11 is 0. The minimum absolute atomic E-state index is 0.0250. The van der Waals surface area contributed by atoms with E-state index in [1.165, 1.54) is 0 Å². The molecule has 8 heteroatoms. The largest absolute Gasteiger partial charge is 0.573 e. The standard InChI is InChI=1S/C12H10F3NO4/c1-2-19-11(18)5-7-4-10(20-12(13,14)15)9(17)3-8(7)6-16/h3-4,17H,2,5H2,1H3. The van der Waals surface area contributed by atoms with Crippen molar-refractivity contribution < 1.29 is 32.5 Å². The Morgan fingerprint density at radius 2 is 2.10 bits per heavy atom. The van der Waals surface area contributed by atoms with Crippen molar-refractivity contribution in [1.82, 2.24) is 0 Å². The Labute approximate surface area is 112 Å². The molecule has 1 aromatic carbocycles. The first kappa shape index (κ1) is 15.6. The molecule has 0 amide bonds. The number of carbonyl (C=O) groups excluding carboxylic acids is 1. The average Bonchev–Trinajstić information content (AvgIpc) is 2.31. The first-order chi connectivity index (χ1) is 9.26. The van der Waals surface area contributed by atoms with Crippen molar-refractivity contribution in [2.24, 2.45) is 0 Å². The second-order valence-electron chi connectivity index (χ2n) is 3.62. The topological polar surface area (TPSA) is 79.6 Å². The Balaban J connectivity index is 3.12. The van der Waals surface area contributed by atoms with Crippen molar-refractivity contribution in [2.45, 2.75) is 19.7 Å². The van der Waals surface area contributed by atoms with Crippen LogP contribution in [0, 0.1) is 11.3 Å². The highest BCUT2D eigenvalue weighted by Crippen LogP contribution is 2.34. The third-order valence-electron chi connectivity index (χ3n) is 2.17. The Kier molecular flexibility index (Phi) is 4.80. The van der Waals surface area contributed by atoms with E-state index >= 15 is 0 Å². The number of phenolic OH excluding ortho intramolecular Hbond substituents is 1. The van der Waals surface area contributed by atoms with Gasteiger partial charge >= 0.3 is 12.3 Å². The summed E-state index contributed by atoms with van der Waals surface area (Å²) in [5.74, 6) is -2.42. The lowest BCUT2D eigenvalue weighted by Gasteiger charge is -2.12. The minimum atomic E-state index is -4.99. The van der Waals surface area contributed by atoms with Gasteiger partial charge in [0.1, 0.15) is 0 Å². The first-order valence-corrected chi connectivity index (χ1v) is 5.44. The van der Waals surface area contributed by atoms with Gasteiger partial charge in [-0.25, -0.2) is 0 Å². The predicted octanol–water partition coefficient (Wildman–Crippen LogP) is 2.27. The van der Waals surface area contributed by atoms with Crippen molar-refractivity contribution in [3.05, 3.63) is 23.3 Å². The predicted molar refractivity (Wildman–Crippen MR) is 59.8 cm³/mol. The van der Waals surface area contributed by atoms with Crippen LogP contribution in [0.1, 0.15) is 18.1 Å². The maximum Gasteiger partial charge on any atom is 0.573 e. The van der Waals surface area contributed by atoms with E-state index in [-0.39, 0.29) is 17.7 Å². The number of ether oxygens (including phenoxy) is 2. The minimum Gasteiger partial charge on any atom is -0.504 e. The normalized spacial score (nSPS) is 10.8. The third-order valence-corrected chi connectivity index (χ3v) is 2.17. The summed E-state index contributed by atoms with van der Waals surface area (Å²) in [5, 5.41) is 18.2. The summed E-state index contributed by atoms with van der Waals surface area (Å²) in [4.78, 5) is 11.3. The van der Waals surface area contributed by atoms with Gasteiger partial charge in [0.25, 0.3) is 0 Å². The molecular weight excluding hydrogens is 279 g/mol. The zero-order chi connectivity index (χ0) is 15.3. The maximum atomic E-state index is 12.1. The molecule has 5 nitrogen and oxygen atoms in total. The van der Waals surface area contributed by atoms with Gasteiger partial charge in [0, 0.05) is 6.07 Å². The molecule has 0 aliphatic heterocycles. The number of nitriles is 1. The van der Waals surface area contributed by atoms with E-state index < -0.39 is 30.3 Å². The van der Waals surface area contributed by atoms with Crippen LogP contribution in [0.2, 0.25) is 0 Å². The van der Waals surface area contributed by atoms with Crippen LogP contribution in [0.5, 0.6) is 11.5 Å². The smallest absolute Gasteiger partial charge is 0.504 e. The Bertz CT molecular complexity index is 549. The molecule has 0 saturated heterocycles. The molecule has 1 rings (SSSR count). The van der Waals surface area contributed by atoms with Crippen LogP contribution in [0.3, 0.4) is 0 Å². The maximum absolute atomic E-state index is 12.1. The van der Waals surface area contributed by atoms with Gasteiger partial charge < -0.3 is 14.6 Å². The molecule has 0 saturated carbocycles. The number of alkyl halides is 3. The van der Waals surface area contributed by atoms with Gasteiger partial charge in [-0.15, -0.1) is 13.2 Å². The summed E-state index contributed by atoms with van der Waals surface area (Å²) < 4.78 is 44.6. The van der Waals surface area contributed by atoms with Crippen molar-refractivity contribution in [3.8, 4) is 17.6 Å². The number of nitrogens with zero attached hydrogens (tertiary/aromatic N) is 1. The number of esters is 1. The highest BCUT2D eigenvalue weighted by Gasteiger charge is 2.32. The van der Waals surface area contributed by atoms with E-state index in [9.17, 15) is 23.1 Å². The molecule has 108 valence electrons. The lowest BCUT2D eigenvalue weighted by Crippen LogP contribution is -2.17. The highest BCUT2D eigenvalue weighted by atomic mass is 19.4. The number of hydrogen-bond donors (Lipinski definition) is 1. The summed E-state index contributed by atoms with van der Waals surface area (Å²) in [7, 11) is 0. The number of aromatic hydroxyl groups is 1. The quantitative estimate of drug-likeness (QED) is 0.860. The Hall–Kier alpha value is -2.43. The molecule has 20 heavy (non-hydrogen) atoms. The van der Waals surface area contributed by atoms with Crippen molar-refractivity contribution in [2.75, 3.05) is 6.61 Å². The second kappa shape index (κ2) is 6.14. The number of benzene rings is 1. The fourth-order valence-corrected chi connectivity index (χ4v) is 1.43. The summed E-state index contributed by atoms with van der Waals surface area (Å²) in [6, 6.07) is 3.26. The lowest BCUT2D eigenvalue weighted by molar-refractivity contribution is -0.275. The van der Waals surface area contributed by atoms with Gasteiger partial charge in [-0.2, -0.15) is 5.26 Å². The summed E-state index contributed by atoms with van der Waals surface area (Å²) in [6.07, 6.45) is -5.39. The molecule has 0 atom stereocenters. The number of carbonyl (C=O) groups is 1. The molecule has 0 fully saturated rings. The number of hydrogen-bond acceptors (Lipinski definition) is 5. The molecular formula is C12H10F3NO4. The molecule has 1 aromatic rings. The Morgan fingerprint density at radius 1 is 1.45 bits per heavy atom. The van der Waals surface area contributed by atoms with E-state index in [2.05, 4.69) is 9.47 Å². The number of phenols is 1. The number of halogens is 3. The van der Waals surface area contributed by atoms with E-state index in [4.69, 9.17) is 5.26 Å². The molecule has 0 aliphatic rings. The molecule has 0 aromatic heterocycles. The van der Waals surface area contributed by atoms with Crippen molar-refractivity contribution >= 4 is 5.97 Å². The van der Waals surface area contributed by atoms with E-state index in [1.54, 1.807) is 13.0 Å². The summed E-state index contributed by atoms with van der Waals surface area (Å²) in [6.45, 7) is 1.67. The van der Waals surface area contributed by atoms with Crippen LogP contribution < -0.4 is 4.74 Å². The fourth-order valence-electron chi connectivity index (χ4n) is 1.43. The van der Waals surface area contributed by atoms with Crippen molar-refractivity contribution in [1.29, 1.82) is 5.26 Å². The molecule has 0 spiro atoms. The van der Waals surface area contributed by atoms with Crippen LogP contribution in [-0.2, 0) is 16.0 Å². The molecule has 0 heterocycles. The van der Waals surface area contributed by atoms with Crippen LogP contribution in [0.15, 0.2) is 12.1 Å². The summed E-state index contributed by atoms with van der Waals surface area (Å²) in [5.41, 5.74) is -0.159. The zero-order valence-corrected chi connectivity index (χ0v) is 10.3. The van der Waals surface area contributed by atoms with E-state index in [0.29, 0.717) is 0 Å². The Morgan fingerprint density at radius 3 is 2.60 bits per heavy atom. The van der Waals surface area contributed by atoms with Crippen LogP contribution in [-0.4, -0.2) is 24.0 Å². The van der Waals surface area contributed by atoms with Gasteiger partial charge in [-0.05, 0) is 18.6 Å². The first-order valence-electron chi connectivity index (χ1n) is 5.44. The second-order valence-corrected chi connectivity index (χ2v) is 3.62. The van der Waals surface area contributed by atoms with Gasteiger partial charge in [0.05, 0.1) is 24.7 Å². The molecule has 0 aliphatic carbocycles. The van der Waals surface area contributed by atoms with E-state index in [1.807, 2.05) is 0 Å². The van der Waals surface area contributed by atoms with Crippen LogP contribution in [0.4, 0.5) is 13.2 Å². The third kappa shape index (κ3) is 4.35. The van der Waals surface area contributed by atoms with Gasteiger partial charge in [-0.1, -0.05) is 0 Å². The molecule has 0 bridgehead atoms. The lowest BCUT2D eigenvalue weighted by atomic mass is 10.0. The van der Waals surface area contributed by atoms with Gasteiger partial charge in [0.15, 0.2) is 11.5 Å².